The van der Waals surface area contributed by atoms with Crippen LogP contribution in [0.4, 0.5) is 0 Å². The lowest BCUT2D eigenvalue weighted by Gasteiger charge is -2.08. The fourth-order valence-electron chi connectivity index (χ4n) is 2.47. The molecular weight excluding hydrogens is 354 g/mol. The highest BCUT2D eigenvalue weighted by Crippen LogP contribution is 2.38. The molecule has 2 aromatic carbocycles. The number of primary sulfonamides is 1. The number of nitrogens with two attached hydrogens (primary N) is 1. The van der Waals surface area contributed by atoms with E-state index in [1.54, 1.807) is 29.8 Å². The number of hydrogen-bond acceptors (Lipinski definition) is 5. The third-order valence-electron chi connectivity index (χ3n) is 3.69. The van der Waals surface area contributed by atoms with Crippen molar-refractivity contribution in [2.24, 2.45) is 12.2 Å². The summed E-state index contributed by atoms with van der Waals surface area (Å²) in [6, 6.07) is 7.62. The minimum absolute atomic E-state index is 0.0130. The van der Waals surface area contributed by atoms with E-state index in [4.69, 9.17) is 21.5 Å². The number of benzene rings is 2. The van der Waals surface area contributed by atoms with Gasteiger partial charge in [-0.15, -0.1) is 0 Å². The molecule has 0 atom stereocenters. The van der Waals surface area contributed by atoms with Crippen LogP contribution in [0.5, 0.6) is 11.5 Å². The predicted molar refractivity (Wildman–Crippen MR) is 90.8 cm³/mol. The number of aryl methyl sites for hydroxylation is 1. The van der Waals surface area contributed by atoms with Crippen LogP contribution in [-0.2, 0) is 17.1 Å². The Balaban J connectivity index is 2.24. The number of hydrogen-bond donors (Lipinski definition) is 2. The van der Waals surface area contributed by atoms with Gasteiger partial charge in [0.25, 0.3) is 0 Å². The molecule has 0 aliphatic heterocycles. The molecule has 24 heavy (non-hydrogen) atoms. The van der Waals surface area contributed by atoms with Crippen LogP contribution in [0.15, 0.2) is 35.2 Å². The summed E-state index contributed by atoms with van der Waals surface area (Å²) in [5.74, 6) is 0.602. The average Bonchev–Trinajstić information content (AvgIpc) is 2.85. The van der Waals surface area contributed by atoms with Crippen LogP contribution in [0.1, 0.15) is 0 Å². The number of halogens is 1. The van der Waals surface area contributed by atoms with E-state index in [2.05, 4.69) is 4.98 Å². The Morgan fingerprint density at radius 3 is 2.62 bits per heavy atom. The van der Waals surface area contributed by atoms with Crippen molar-refractivity contribution in [1.82, 2.24) is 9.55 Å². The van der Waals surface area contributed by atoms with Crippen LogP contribution in [0.2, 0.25) is 5.02 Å². The highest BCUT2D eigenvalue weighted by molar-refractivity contribution is 7.89. The SMILES string of the molecule is COc1cc(-c2nc3cc(S(N)(=O)=O)ccc3n2C)cc(Cl)c1O. The van der Waals surface area contributed by atoms with E-state index < -0.39 is 10.0 Å². The van der Waals surface area contributed by atoms with Crippen molar-refractivity contribution in [2.45, 2.75) is 4.90 Å². The zero-order chi connectivity index (χ0) is 17.6. The second-order valence-electron chi connectivity index (χ2n) is 5.20. The fourth-order valence-corrected chi connectivity index (χ4v) is 3.22. The lowest BCUT2D eigenvalue weighted by molar-refractivity contribution is 0.374. The van der Waals surface area contributed by atoms with Crippen molar-refractivity contribution < 1.29 is 18.3 Å². The average molecular weight is 368 g/mol. The normalized spacial score (nSPS) is 11.8. The molecule has 0 aliphatic rings. The number of aromatic hydroxyl groups is 1. The first-order chi connectivity index (χ1) is 11.2. The van der Waals surface area contributed by atoms with E-state index in [0.717, 1.165) is 5.52 Å². The van der Waals surface area contributed by atoms with Crippen LogP contribution in [0.25, 0.3) is 22.4 Å². The molecule has 9 heteroatoms. The maximum atomic E-state index is 11.5. The number of aromatic nitrogens is 2. The van der Waals surface area contributed by atoms with Crippen molar-refractivity contribution in [2.75, 3.05) is 7.11 Å². The Kier molecular flexibility index (Phi) is 3.90. The molecule has 0 saturated carbocycles. The lowest BCUT2D eigenvalue weighted by Crippen LogP contribution is -2.11. The van der Waals surface area contributed by atoms with E-state index in [1.165, 1.54) is 19.2 Å². The number of methoxy groups -OCH3 is 1. The lowest BCUT2D eigenvalue weighted by atomic mass is 10.2. The third kappa shape index (κ3) is 2.68. The Labute approximate surface area is 143 Å². The largest absolute Gasteiger partial charge is 0.503 e. The maximum Gasteiger partial charge on any atom is 0.238 e. The van der Waals surface area contributed by atoms with Gasteiger partial charge >= 0.3 is 0 Å². The Morgan fingerprint density at radius 2 is 2.00 bits per heavy atom. The van der Waals surface area contributed by atoms with Gasteiger partial charge in [0.05, 0.1) is 28.1 Å². The first-order valence-corrected chi connectivity index (χ1v) is 8.71. The first kappa shape index (κ1) is 16.6. The minimum Gasteiger partial charge on any atom is -0.503 e. The van der Waals surface area contributed by atoms with Crippen LogP contribution in [-0.4, -0.2) is 30.2 Å². The second kappa shape index (κ2) is 5.66. The van der Waals surface area contributed by atoms with Gasteiger partial charge in [0, 0.05) is 12.6 Å². The maximum absolute atomic E-state index is 11.5. The number of nitrogens with zero attached hydrogens (tertiary/aromatic N) is 2. The van der Waals surface area contributed by atoms with Crippen molar-refractivity contribution in [3.8, 4) is 22.9 Å². The zero-order valence-electron chi connectivity index (χ0n) is 12.8. The predicted octanol–water partition coefficient (Wildman–Crippen LogP) is 2.26. The van der Waals surface area contributed by atoms with E-state index >= 15 is 0 Å². The second-order valence-corrected chi connectivity index (χ2v) is 7.17. The van der Waals surface area contributed by atoms with Crippen LogP contribution < -0.4 is 9.88 Å². The molecule has 3 rings (SSSR count). The van der Waals surface area contributed by atoms with E-state index in [-0.39, 0.29) is 21.4 Å². The molecule has 0 fully saturated rings. The summed E-state index contributed by atoms with van der Waals surface area (Å²) in [5.41, 5.74) is 1.81. The Hall–Kier alpha value is -2.29. The molecule has 3 N–H and O–H groups in total. The number of fused-ring (bicyclic) bond motifs is 1. The molecule has 0 unspecified atom stereocenters. The number of imidazole rings is 1. The number of phenols is 1. The van der Waals surface area contributed by atoms with Crippen molar-refractivity contribution in [3.63, 3.8) is 0 Å². The summed E-state index contributed by atoms with van der Waals surface area (Å²) in [6.45, 7) is 0. The minimum atomic E-state index is -3.81. The molecule has 3 aromatic rings. The zero-order valence-corrected chi connectivity index (χ0v) is 14.4. The molecule has 126 valence electrons. The number of rotatable bonds is 3. The number of phenolic OH excluding ortho intramolecular Hbond substituents is 1. The molecule has 1 heterocycles. The van der Waals surface area contributed by atoms with Gasteiger partial charge in [-0.3, -0.25) is 0 Å². The highest BCUT2D eigenvalue weighted by Gasteiger charge is 2.17. The molecule has 0 spiro atoms. The summed E-state index contributed by atoms with van der Waals surface area (Å²) >= 11 is 6.02. The number of ether oxygens (including phenoxy) is 1. The van der Waals surface area contributed by atoms with Gasteiger partial charge < -0.3 is 14.4 Å². The molecule has 0 aliphatic carbocycles. The summed E-state index contributed by atoms with van der Waals surface area (Å²) in [7, 11) is -0.604. The topological polar surface area (TPSA) is 107 Å². The quantitative estimate of drug-likeness (QED) is 0.738. The monoisotopic (exact) mass is 367 g/mol. The molecule has 1 aromatic heterocycles. The Morgan fingerprint density at radius 1 is 1.29 bits per heavy atom. The molecule has 7 nitrogen and oxygen atoms in total. The van der Waals surface area contributed by atoms with Crippen molar-refractivity contribution >= 4 is 32.7 Å². The van der Waals surface area contributed by atoms with Gasteiger partial charge in [-0.2, -0.15) is 0 Å². The summed E-state index contributed by atoms with van der Waals surface area (Å²) in [4.78, 5) is 4.44. The van der Waals surface area contributed by atoms with Crippen LogP contribution in [0.3, 0.4) is 0 Å². The van der Waals surface area contributed by atoms with E-state index in [9.17, 15) is 13.5 Å². The van der Waals surface area contributed by atoms with Crippen LogP contribution in [0, 0.1) is 0 Å². The molecule has 0 bridgehead atoms. The number of sulfonamides is 1. The third-order valence-corrected chi connectivity index (χ3v) is 4.89. The summed E-state index contributed by atoms with van der Waals surface area (Å²) in [6.07, 6.45) is 0. The van der Waals surface area contributed by atoms with Gasteiger partial charge in [0.15, 0.2) is 11.5 Å². The van der Waals surface area contributed by atoms with E-state index in [0.29, 0.717) is 16.9 Å². The smallest absolute Gasteiger partial charge is 0.238 e. The van der Waals surface area contributed by atoms with Crippen molar-refractivity contribution in [3.05, 3.63) is 35.4 Å². The molecule has 0 saturated heterocycles. The van der Waals surface area contributed by atoms with E-state index in [1.807, 2.05) is 0 Å². The summed E-state index contributed by atoms with van der Waals surface area (Å²) in [5, 5.41) is 15.1. The fraction of sp³-hybridized carbons (Fsp3) is 0.133. The molecule has 0 amide bonds. The van der Waals surface area contributed by atoms with Gasteiger partial charge in [-0.25, -0.2) is 18.5 Å². The van der Waals surface area contributed by atoms with Crippen molar-refractivity contribution in [1.29, 1.82) is 0 Å². The van der Waals surface area contributed by atoms with Gasteiger partial charge in [-0.1, -0.05) is 11.6 Å². The first-order valence-electron chi connectivity index (χ1n) is 6.78. The highest BCUT2D eigenvalue weighted by atomic mass is 35.5. The van der Waals surface area contributed by atoms with Gasteiger partial charge in [-0.05, 0) is 30.3 Å². The van der Waals surface area contributed by atoms with Crippen LogP contribution >= 0.6 is 11.6 Å². The van der Waals surface area contributed by atoms with Gasteiger partial charge in [0.2, 0.25) is 10.0 Å². The van der Waals surface area contributed by atoms with Gasteiger partial charge in [0.1, 0.15) is 5.82 Å². The summed E-state index contributed by atoms with van der Waals surface area (Å²) < 4.78 is 29.9. The molecular formula is C15H14ClN3O4S. The molecule has 0 radical (unpaired) electrons. The Bertz CT molecular complexity index is 1060. The standard InChI is InChI=1S/C15H14ClN3O4S/c1-19-12-4-3-9(24(17,21)22)7-11(12)18-15(19)8-5-10(16)14(20)13(6-8)23-2/h3-7,20H,1-2H3,(H2,17,21,22).